The van der Waals surface area contributed by atoms with Crippen LogP contribution in [0.25, 0.3) is 0 Å². The number of allylic oxidation sites excluding steroid dienone is 1. The van der Waals surface area contributed by atoms with Gasteiger partial charge in [0.1, 0.15) is 12.3 Å². The van der Waals surface area contributed by atoms with E-state index in [0.29, 0.717) is 5.56 Å². The van der Waals surface area contributed by atoms with E-state index in [1.165, 1.54) is 11.0 Å². The molecule has 0 atom stereocenters. The third-order valence-corrected chi connectivity index (χ3v) is 2.80. The number of nitrogens with zero attached hydrogens (tertiary/aromatic N) is 1. The molecule has 0 bridgehead atoms. The van der Waals surface area contributed by atoms with Crippen LogP contribution in [0.4, 0.5) is 4.79 Å². The fraction of sp³-hybridized carbons (Fsp3) is 0.267. The van der Waals surface area contributed by atoms with Crippen LogP contribution in [0.5, 0.6) is 0 Å². The summed E-state index contributed by atoms with van der Waals surface area (Å²) in [5.41, 5.74) is 0.505. The Kier molecular flexibility index (Phi) is 4.71. The predicted molar refractivity (Wildman–Crippen MR) is 73.5 cm³/mol. The zero-order valence-corrected chi connectivity index (χ0v) is 11.6. The minimum absolute atomic E-state index is 0.0796. The van der Waals surface area contributed by atoms with Crippen LogP contribution in [-0.2, 0) is 14.3 Å². The molecule has 0 N–H and O–H groups in total. The highest BCUT2D eigenvalue weighted by atomic mass is 16.6. The first kappa shape index (κ1) is 14.8. The van der Waals surface area contributed by atoms with Gasteiger partial charge in [-0.25, -0.2) is 4.79 Å². The van der Waals surface area contributed by atoms with Gasteiger partial charge >= 0.3 is 12.1 Å². The number of hydrogen-bond donors (Lipinski definition) is 0. The minimum atomic E-state index is -0.657. The van der Waals surface area contributed by atoms with Crippen molar-refractivity contribution in [3.8, 4) is 0 Å². The Balaban J connectivity index is 2.00. The maximum atomic E-state index is 12.0. The summed E-state index contributed by atoms with van der Waals surface area (Å²) in [6, 6.07) is 8.65. The highest BCUT2D eigenvalue weighted by Crippen LogP contribution is 2.15. The van der Waals surface area contributed by atoms with Crippen molar-refractivity contribution in [2.45, 2.75) is 6.92 Å². The van der Waals surface area contributed by atoms with Crippen LogP contribution >= 0.6 is 0 Å². The molecular weight excluding hydrogens is 274 g/mol. The summed E-state index contributed by atoms with van der Waals surface area (Å²) in [5.74, 6) is -0.542. The number of rotatable bonds is 5. The van der Waals surface area contributed by atoms with E-state index in [0.717, 1.165) is 0 Å². The number of ether oxygens (including phenoxy) is 2. The Hall–Kier alpha value is -2.63. The number of carbonyl (C=O) groups excluding carboxylic acids is 3. The summed E-state index contributed by atoms with van der Waals surface area (Å²) in [5, 5.41) is 0. The number of esters is 1. The minimum Gasteiger partial charge on any atom is -0.465 e. The summed E-state index contributed by atoms with van der Waals surface area (Å²) < 4.78 is 9.73. The van der Waals surface area contributed by atoms with E-state index in [-0.39, 0.29) is 31.2 Å². The first-order valence-electron chi connectivity index (χ1n) is 6.52. The van der Waals surface area contributed by atoms with Crippen molar-refractivity contribution < 1.29 is 23.9 Å². The second-order valence-electron chi connectivity index (χ2n) is 4.37. The number of benzene rings is 1. The van der Waals surface area contributed by atoms with Crippen LogP contribution < -0.4 is 0 Å². The molecule has 0 radical (unpaired) electrons. The quantitative estimate of drug-likeness (QED) is 0.469. The maximum Gasteiger partial charge on any atom is 0.415 e. The fourth-order valence-corrected chi connectivity index (χ4v) is 1.85. The Morgan fingerprint density at radius 2 is 2.05 bits per heavy atom. The fourth-order valence-electron chi connectivity index (χ4n) is 1.85. The molecular formula is C15H15NO5. The molecule has 21 heavy (non-hydrogen) atoms. The molecule has 6 heteroatoms. The van der Waals surface area contributed by atoms with Gasteiger partial charge in [0.05, 0.1) is 13.2 Å². The molecule has 0 spiro atoms. The first-order chi connectivity index (χ1) is 10.1. The van der Waals surface area contributed by atoms with Crippen molar-refractivity contribution >= 4 is 17.8 Å². The molecule has 110 valence electrons. The number of hydrogen-bond acceptors (Lipinski definition) is 5. The highest BCUT2D eigenvalue weighted by molar-refractivity contribution is 6.05. The molecule has 1 aromatic carbocycles. The molecule has 0 saturated carbocycles. The maximum absolute atomic E-state index is 12.0. The Morgan fingerprint density at radius 1 is 1.33 bits per heavy atom. The van der Waals surface area contributed by atoms with Crippen LogP contribution in [0.2, 0.25) is 0 Å². The van der Waals surface area contributed by atoms with Gasteiger partial charge in [-0.15, -0.1) is 0 Å². The van der Waals surface area contributed by atoms with Crippen molar-refractivity contribution in [1.82, 2.24) is 4.90 Å². The predicted octanol–water partition coefficient (Wildman–Crippen LogP) is 1.77. The van der Waals surface area contributed by atoms with Crippen LogP contribution in [0.1, 0.15) is 17.3 Å². The molecule has 1 saturated heterocycles. The second kappa shape index (κ2) is 6.69. The van der Waals surface area contributed by atoms with Gasteiger partial charge in [0.15, 0.2) is 5.78 Å². The summed E-state index contributed by atoms with van der Waals surface area (Å²) in [6.07, 6.45) is 0.605. The standard InChI is InChI=1S/C15H15NO5/c1-2-20-14(18)10-16-9-12(21-15(16)19)8-13(17)11-6-4-3-5-7-11/h3-8H,2,9-10H2,1H3. The van der Waals surface area contributed by atoms with Crippen LogP contribution in [0.3, 0.4) is 0 Å². The molecule has 1 amide bonds. The Bertz CT molecular complexity index is 579. The van der Waals surface area contributed by atoms with Gasteiger partial charge in [0.2, 0.25) is 0 Å². The third-order valence-electron chi connectivity index (χ3n) is 2.80. The zero-order chi connectivity index (χ0) is 15.2. The summed E-state index contributed by atoms with van der Waals surface area (Å²) in [4.78, 5) is 36.1. The monoisotopic (exact) mass is 289 g/mol. The molecule has 1 fully saturated rings. The van der Waals surface area contributed by atoms with Crippen molar-refractivity contribution in [2.75, 3.05) is 19.7 Å². The smallest absolute Gasteiger partial charge is 0.415 e. The van der Waals surface area contributed by atoms with Gasteiger partial charge < -0.3 is 9.47 Å². The van der Waals surface area contributed by atoms with Gasteiger partial charge in [-0.2, -0.15) is 0 Å². The van der Waals surface area contributed by atoms with E-state index < -0.39 is 12.1 Å². The SMILES string of the molecule is CCOC(=O)CN1CC(=CC(=O)c2ccccc2)OC1=O. The molecule has 1 aliphatic rings. The van der Waals surface area contributed by atoms with Crippen molar-refractivity contribution in [2.24, 2.45) is 0 Å². The third kappa shape index (κ3) is 3.92. The molecule has 1 aliphatic heterocycles. The van der Waals surface area contributed by atoms with Crippen molar-refractivity contribution in [1.29, 1.82) is 0 Å². The van der Waals surface area contributed by atoms with E-state index in [1.807, 2.05) is 0 Å². The van der Waals surface area contributed by atoms with E-state index in [9.17, 15) is 14.4 Å². The average molecular weight is 289 g/mol. The Labute approximate surface area is 121 Å². The largest absolute Gasteiger partial charge is 0.465 e. The number of carbonyl (C=O) groups is 3. The lowest BCUT2D eigenvalue weighted by molar-refractivity contribution is -0.143. The van der Waals surface area contributed by atoms with E-state index in [4.69, 9.17) is 9.47 Å². The van der Waals surface area contributed by atoms with E-state index >= 15 is 0 Å². The molecule has 6 nitrogen and oxygen atoms in total. The molecule has 0 aliphatic carbocycles. The van der Waals surface area contributed by atoms with Crippen molar-refractivity contribution in [3.63, 3.8) is 0 Å². The number of cyclic esters (lactones) is 1. The van der Waals surface area contributed by atoms with Gasteiger partial charge in [0, 0.05) is 11.6 Å². The van der Waals surface area contributed by atoms with Crippen LogP contribution in [0.15, 0.2) is 42.2 Å². The number of ketones is 1. The van der Waals surface area contributed by atoms with Gasteiger partial charge in [-0.05, 0) is 6.92 Å². The lowest BCUT2D eigenvalue weighted by atomic mass is 10.1. The topological polar surface area (TPSA) is 72.9 Å². The molecule has 0 aromatic heterocycles. The summed E-state index contributed by atoms with van der Waals surface area (Å²) >= 11 is 0. The molecule has 0 unspecified atom stereocenters. The zero-order valence-electron chi connectivity index (χ0n) is 11.6. The first-order valence-corrected chi connectivity index (χ1v) is 6.52. The second-order valence-corrected chi connectivity index (χ2v) is 4.37. The van der Waals surface area contributed by atoms with Gasteiger partial charge in [0.25, 0.3) is 0 Å². The van der Waals surface area contributed by atoms with Crippen LogP contribution in [-0.4, -0.2) is 42.4 Å². The van der Waals surface area contributed by atoms with Crippen LogP contribution in [0, 0.1) is 0 Å². The molecule has 2 rings (SSSR count). The lowest BCUT2D eigenvalue weighted by Gasteiger charge is -2.09. The van der Waals surface area contributed by atoms with E-state index in [1.54, 1.807) is 37.3 Å². The molecule has 1 aromatic rings. The Morgan fingerprint density at radius 3 is 2.71 bits per heavy atom. The van der Waals surface area contributed by atoms with Gasteiger partial charge in [-0.3, -0.25) is 14.5 Å². The van der Waals surface area contributed by atoms with Gasteiger partial charge in [-0.1, -0.05) is 30.3 Å². The van der Waals surface area contributed by atoms with Crippen molar-refractivity contribution in [3.05, 3.63) is 47.7 Å². The summed E-state index contributed by atoms with van der Waals surface area (Å²) in [6.45, 7) is 1.82. The molecule has 1 heterocycles. The van der Waals surface area contributed by atoms with E-state index in [2.05, 4.69) is 0 Å². The normalized spacial score (nSPS) is 16.0. The summed E-state index contributed by atoms with van der Waals surface area (Å²) in [7, 11) is 0. The highest BCUT2D eigenvalue weighted by Gasteiger charge is 2.29. The lowest BCUT2D eigenvalue weighted by Crippen LogP contribution is -2.31. The average Bonchev–Trinajstić information content (AvgIpc) is 2.80. The number of amides is 1.